The van der Waals surface area contributed by atoms with E-state index in [0.717, 1.165) is 25.1 Å². The van der Waals surface area contributed by atoms with Crippen LogP contribution in [0.4, 0.5) is 19.3 Å². The van der Waals surface area contributed by atoms with E-state index in [0.29, 0.717) is 83.1 Å². The molecule has 1 aromatic carbocycles. The van der Waals surface area contributed by atoms with Gasteiger partial charge in [0.05, 0.1) is 47.6 Å². The monoisotopic (exact) mass is 673 g/mol. The van der Waals surface area contributed by atoms with E-state index in [1.165, 1.54) is 4.90 Å². The van der Waals surface area contributed by atoms with Crippen LogP contribution in [0.2, 0.25) is 0 Å². The fraction of sp³-hybridized carbons (Fsp3) is 0.429. The highest BCUT2D eigenvalue weighted by molar-refractivity contribution is 6.09. The number of likely N-dealkylation sites (tertiary alicyclic amines) is 1. The molecule has 1 saturated heterocycles. The second-order valence-electron chi connectivity index (χ2n) is 13.9. The average Bonchev–Trinajstić information content (AvgIpc) is 3.77. The number of amides is 3. The Balaban J connectivity index is 1.26. The molecule has 14 heteroatoms. The van der Waals surface area contributed by atoms with E-state index in [4.69, 9.17) is 25.3 Å². The summed E-state index contributed by atoms with van der Waals surface area (Å²) in [6.45, 7) is 5.99. The number of aromatic nitrogens is 4. The highest BCUT2D eigenvalue weighted by Crippen LogP contribution is 2.42. The number of carbonyl (C=O) groups is 3. The largest absolute Gasteiger partial charge is 0.482 e. The molecular formula is C35H37F2N7O5. The summed E-state index contributed by atoms with van der Waals surface area (Å²) in [5.74, 6) is -1.98. The Morgan fingerprint density at radius 3 is 2.49 bits per heavy atom. The van der Waals surface area contributed by atoms with Crippen LogP contribution >= 0.6 is 0 Å². The molecule has 49 heavy (non-hydrogen) atoms. The molecule has 3 amide bonds. The lowest BCUT2D eigenvalue weighted by Crippen LogP contribution is -2.42. The number of carbonyl (C=O) groups excluding carboxylic acids is 3. The van der Waals surface area contributed by atoms with Gasteiger partial charge in [0.15, 0.2) is 12.3 Å². The summed E-state index contributed by atoms with van der Waals surface area (Å²) in [6, 6.07) is 5.82. The minimum absolute atomic E-state index is 0.0448. The predicted octanol–water partition coefficient (Wildman–Crippen LogP) is 5.32. The van der Waals surface area contributed by atoms with Crippen molar-refractivity contribution in [3.05, 3.63) is 65.2 Å². The third kappa shape index (κ3) is 6.51. The van der Waals surface area contributed by atoms with Crippen molar-refractivity contribution in [3.8, 4) is 16.9 Å². The van der Waals surface area contributed by atoms with Crippen molar-refractivity contribution in [1.82, 2.24) is 24.6 Å². The van der Waals surface area contributed by atoms with Gasteiger partial charge in [0.1, 0.15) is 23.0 Å². The molecule has 0 atom stereocenters. The molecule has 2 fully saturated rings. The summed E-state index contributed by atoms with van der Waals surface area (Å²) in [7, 11) is 0. The minimum atomic E-state index is -0.863. The number of primary amides is 1. The minimum Gasteiger partial charge on any atom is -0.482 e. The maximum absolute atomic E-state index is 14.5. The van der Waals surface area contributed by atoms with Gasteiger partial charge in [-0.3, -0.25) is 19.5 Å². The number of hydrogen-bond donors (Lipinski definition) is 1. The Hall–Kier alpha value is -5.14. The predicted molar refractivity (Wildman–Crippen MR) is 175 cm³/mol. The lowest BCUT2D eigenvalue weighted by molar-refractivity contribution is -0.121. The molecule has 3 aromatic heterocycles. The molecule has 1 saturated carbocycles. The van der Waals surface area contributed by atoms with Crippen molar-refractivity contribution in [2.75, 3.05) is 24.6 Å². The van der Waals surface area contributed by atoms with Crippen LogP contribution in [0, 0.1) is 17.6 Å². The molecule has 12 nitrogen and oxygen atoms in total. The molecule has 3 aliphatic rings. The molecule has 0 radical (unpaired) electrons. The topological polar surface area (TPSA) is 146 Å². The molecule has 1 aliphatic carbocycles. The molecule has 0 unspecified atom stereocenters. The fourth-order valence-electron chi connectivity index (χ4n) is 6.54. The first-order chi connectivity index (χ1) is 23.4. The number of fused-ring (bicyclic) bond motifs is 2. The normalized spacial score (nSPS) is 16.9. The van der Waals surface area contributed by atoms with E-state index < -0.39 is 29.0 Å². The first kappa shape index (κ1) is 32.4. The van der Waals surface area contributed by atoms with Crippen molar-refractivity contribution >= 4 is 34.6 Å². The second-order valence-corrected chi connectivity index (χ2v) is 13.9. The highest BCUT2D eigenvalue weighted by atomic mass is 19.1. The van der Waals surface area contributed by atoms with E-state index in [1.807, 2.05) is 25.5 Å². The lowest BCUT2D eigenvalue weighted by Gasteiger charge is -2.33. The first-order valence-electron chi connectivity index (χ1n) is 16.4. The Morgan fingerprint density at radius 1 is 1.06 bits per heavy atom. The smallest absolute Gasteiger partial charge is 0.410 e. The number of piperidine rings is 1. The number of pyridine rings is 2. The van der Waals surface area contributed by atoms with Crippen LogP contribution in [-0.4, -0.2) is 67.9 Å². The van der Waals surface area contributed by atoms with Crippen molar-refractivity contribution in [2.24, 2.45) is 11.7 Å². The Kier molecular flexibility index (Phi) is 8.19. The molecule has 0 spiro atoms. The molecule has 5 heterocycles. The fourth-order valence-corrected chi connectivity index (χ4v) is 6.54. The Labute approximate surface area is 281 Å². The quantitative estimate of drug-likeness (QED) is 0.278. The highest BCUT2D eigenvalue weighted by Gasteiger charge is 2.33. The summed E-state index contributed by atoms with van der Waals surface area (Å²) >= 11 is 0. The number of hydrogen-bond acceptors (Lipinski definition) is 8. The molecular weight excluding hydrogens is 636 g/mol. The van der Waals surface area contributed by atoms with E-state index >= 15 is 0 Å². The van der Waals surface area contributed by atoms with E-state index in [2.05, 4.69) is 4.98 Å². The van der Waals surface area contributed by atoms with Gasteiger partial charge in [-0.25, -0.2) is 23.2 Å². The maximum atomic E-state index is 14.5. The number of nitrogens with two attached hydrogens (primary N) is 1. The molecule has 256 valence electrons. The van der Waals surface area contributed by atoms with Gasteiger partial charge in [-0.15, -0.1) is 0 Å². The Morgan fingerprint density at radius 2 is 1.82 bits per heavy atom. The summed E-state index contributed by atoms with van der Waals surface area (Å²) in [4.78, 5) is 50.7. The van der Waals surface area contributed by atoms with E-state index in [-0.39, 0.29) is 31.0 Å². The first-order valence-corrected chi connectivity index (χ1v) is 16.4. The standard InChI is InChI=1S/C35H37F2N7O5/c1-35(2,3)49-34(47)42-10-8-22(9-11-42)44-33-23(16-40-44)30(31(32(38)46)25(41-33)12-19-4-5-19)20-6-7-27-28(13-20)48-18-29(45)43(27)17-26-24(37)14-21(36)15-39-26/h6-7,13-16,19,22H,4-5,8-12,17-18H2,1-3H3,(H2,38,46). The summed E-state index contributed by atoms with van der Waals surface area (Å²) in [5, 5.41) is 5.38. The zero-order valence-electron chi connectivity index (χ0n) is 27.5. The number of ether oxygens (including phenoxy) is 2. The zero-order valence-corrected chi connectivity index (χ0v) is 27.5. The second kappa shape index (κ2) is 12.4. The molecule has 2 N–H and O–H groups in total. The van der Waals surface area contributed by atoms with Gasteiger partial charge in [0, 0.05) is 30.1 Å². The summed E-state index contributed by atoms with van der Waals surface area (Å²) in [6.07, 6.45) is 6.19. The van der Waals surface area contributed by atoms with E-state index in [9.17, 15) is 23.2 Å². The van der Waals surface area contributed by atoms with Crippen molar-refractivity contribution in [1.29, 1.82) is 0 Å². The van der Waals surface area contributed by atoms with Gasteiger partial charge in [-0.2, -0.15) is 5.10 Å². The number of nitrogens with zero attached hydrogens (tertiary/aromatic N) is 6. The van der Waals surface area contributed by atoms with Gasteiger partial charge in [-0.05, 0) is 76.5 Å². The van der Waals surface area contributed by atoms with Crippen LogP contribution in [0.1, 0.15) is 74.2 Å². The number of benzene rings is 1. The maximum Gasteiger partial charge on any atom is 0.410 e. The van der Waals surface area contributed by atoms with Gasteiger partial charge in [-0.1, -0.05) is 6.07 Å². The molecule has 7 rings (SSSR count). The number of halogens is 2. The van der Waals surface area contributed by atoms with Crippen LogP contribution in [0.5, 0.6) is 5.75 Å². The van der Waals surface area contributed by atoms with Gasteiger partial charge < -0.3 is 20.1 Å². The lowest BCUT2D eigenvalue weighted by atomic mass is 9.93. The van der Waals surface area contributed by atoms with Crippen LogP contribution < -0.4 is 15.4 Å². The average molecular weight is 674 g/mol. The van der Waals surface area contributed by atoms with Crippen LogP contribution in [0.25, 0.3) is 22.2 Å². The van der Waals surface area contributed by atoms with Crippen LogP contribution in [-0.2, 0) is 22.5 Å². The third-order valence-electron chi connectivity index (χ3n) is 9.09. The zero-order chi connectivity index (χ0) is 34.6. The third-order valence-corrected chi connectivity index (χ3v) is 9.09. The van der Waals surface area contributed by atoms with Crippen molar-refractivity contribution < 1.29 is 32.6 Å². The summed E-state index contributed by atoms with van der Waals surface area (Å²) in [5.41, 5.74) is 8.44. The molecule has 0 bridgehead atoms. The van der Waals surface area contributed by atoms with Crippen molar-refractivity contribution in [3.63, 3.8) is 0 Å². The van der Waals surface area contributed by atoms with Gasteiger partial charge in [0.25, 0.3) is 11.8 Å². The van der Waals surface area contributed by atoms with Gasteiger partial charge in [0.2, 0.25) is 0 Å². The number of rotatable bonds is 7. The summed E-state index contributed by atoms with van der Waals surface area (Å²) < 4.78 is 41.3. The van der Waals surface area contributed by atoms with E-state index in [1.54, 1.807) is 29.3 Å². The van der Waals surface area contributed by atoms with Crippen molar-refractivity contribution in [2.45, 2.75) is 71.1 Å². The van der Waals surface area contributed by atoms with Crippen LogP contribution in [0.3, 0.4) is 0 Å². The van der Waals surface area contributed by atoms with Gasteiger partial charge >= 0.3 is 6.09 Å². The number of anilines is 1. The SMILES string of the molecule is CC(C)(C)OC(=O)N1CCC(n2ncc3c(-c4ccc5c(c4)OCC(=O)N5Cc4ncc(F)cc4F)c(C(N)=O)c(CC4CC4)nc32)CC1. The Bertz CT molecular complexity index is 1980. The van der Waals surface area contributed by atoms with Crippen LogP contribution in [0.15, 0.2) is 36.7 Å². The molecule has 4 aromatic rings. The molecule has 2 aliphatic heterocycles.